The summed E-state index contributed by atoms with van der Waals surface area (Å²) in [6.07, 6.45) is 5.23. The molecule has 0 unspecified atom stereocenters. The van der Waals surface area contributed by atoms with Crippen molar-refractivity contribution in [1.82, 2.24) is 10.3 Å². The smallest absolute Gasteiger partial charge is 0.303 e. The second-order valence-corrected chi connectivity index (χ2v) is 3.57. The van der Waals surface area contributed by atoms with E-state index in [4.69, 9.17) is 5.11 Å². The molecule has 1 aromatic heterocycles. The summed E-state index contributed by atoms with van der Waals surface area (Å²) in [5.74, 6) is -0.947. The summed E-state index contributed by atoms with van der Waals surface area (Å²) in [5.41, 5.74) is 1.14. The molecule has 5 heteroatoms. The Morgan fingerprint density at radius 1 is 1.38 bits per heavy atom. The molecule has 1 aromatic rings. The van der Waals surface area contributed by atoms with Crippen LogP contribution in [0.25, 0.3) is 0 Å². The van der Waals surface area contributed by atoms with E-state index in [0.29, 0.717) is 13.0 Å². The van der Waals surface area contributed by atoms with Gasteiger partial charge < -0.3 is 15.4 Å². The molecule has 0 aliphatic rings. The maximum atomic E-state index is 11.2. The molecule has 1 rings (SSSR count). The number of aromatic amines is 1. The summed E-state index contributed by atoms with van der Waals surface area (Å²) >= 11 is 0. The molecule has 16 heavy (non-hydrogen) atoms. The van der Waals surface area contributed by atoms with Gasteiger partial charge in [-0.15, -0.1) is 0 Å². The fraction of sp³-hybridized carbons (Fsp3) is 0.455. The summed E-state index contributed by atoms with van der Waals surface area (Å²) in [6, 6.07) is 1.95. The van der Waals surface area contributed by atoms with Crippen LogP contribution in [0.5, 0.6) is 0 Å². The van der Waals surface area contributed by atoms with Gasteiger partial charge in [-0.3, -0.25) is 9.59 Å². The molecule has 0 aromatic carbocycles. The minimum absolute atomic E-state index is 0.0469. The third-order valence-corrected chi connectivity index (χ3v) is 2.19. The lowest BCUT2D eigenvalue weighted by Gasteiger charge is -2.03. The quantitative estimate of drug-likeness (QED) is 0.644. The number of carbonyl (C=O) groups excluding carboxylic acids is 1. The zero-order valence-corrected chi connectivity index (χ0v) is 9.03. The van der Waals surface area contributed by atoms with Gasteiger partial charge in [-0.2, -0.15) is 0 Å². The highest BCUT2D eigenvalue weighted by Gasteiger charge is 2.03. The maximum absolute atomic E-state index is 11.2. The Kier molecular flexibility index (Phi) is 5.11. The van der Waals surface area contributed by atoms with Crippen LogP contribution in [0, 0.1) is 0 Å². The molecule has 88 valence electrons. The standard InChI is InChI=1S/C11H16N2O3/c14-10(2-1-3-11(15)16)13-7-5-9-4-6-12-8-9/h4,6,8,12H,1-3,5,7H2,(H,13,14)(H,15,16). The van der Waals surface area contributed by atoms with Crippen molar-refractivity contribution >= 4 is 11.9 Å². The van der Waals surface area contributed by atoms with Crippen LogP contribution in [0.1, 0.15) is 24.8 Å². The van der Waals surface area contributed by atoms with Crippen molar-refractivity contribution in [3.05, 3.63) is 24.0 Å². The molecule has 0 saturated heterocycles. The molecule has 0 bridgehead atoms. The van der Waals surface area contributed by atoms with Gasteiger partial charge in [0.25, 0.3) is 0 Å². The number of carboxylic acid groups (broad SMARTS) is 1. The van der Waals surface area contributed by atoms with Crippen molar-refractivity contribution < 1.29 is 14.7 Å². The van der Waals surface area contributed by atoms with E-state index in [9.17, 15) is 9.59 Å². The van der Waals surface area contributed by atoms with Gasteiger partial charge in [0.2, 0.25) is 5.91 Å². The molecule has 0 aliphatic heterocycles. The number of aliphatic carboxylic acids is 1. The third-order valence-electron chi connectivity index (χ3n) is 2.19. The molecular weight excluding hydrogens is 208 g/mol. The molecule has 1 amide bonds. The monoisotopic (exact) mass is 224 g/mol. The van der Waals surface area contributed by atoms with Gasteiger partial charge >= 0.3 is 5.97 Å². The topological polar surface area (TPSA) is 82.2 Å². The summed E-state index contributed by atoms with van der Waals surface area (Å²) in [5, 5.41) is 11.1. The van der Waals surface area contributed by atoms with E-state index in [0.717, 1.165) is 12.0 Å². The lowest BCUT2D eigenvalue weighted by molar-refractivity contribution is -0.137. The fourth-order valence-corrected chi connectivity index (χ4v) is 1.35. The van der Waals surface area contributed by atoms with Crippen LogP contribution in [0.2, 0.25) is 0 Å². The van der Waals surface area contributed by atoms with Crippen molar-refractivity contribution in [3.8, 4) is 0 Å². The number of nitrogens with one attached hydrogen (secondary N) is 2. The van der Waals surface area contributed by atoms with E-state index in [1.165, 1.54) is 0 Å². The number of carboxylic acids is 1. The number of amides is 1. The zero-order valence-electron chi connectivity index (χ0n) is 9.03. The SMILES string of the molecule is O=C(O)CCCC(=O)NCCc1cc[nH]c1. The molecule has 3 N–H and O–H groups in total. The second kappa shape index (κ2) is 6.66. The highest BCUT2D eigenvalue weighted by Crippen LogP contribution is 1.97. The largest absolute Gasteiger partial charge is 0.481 e. The Hall–Kier alpha value is -1.78. The van der Waals surface area contributed by atoms with E-state index in [-0.39, 0.29) is 18.7 Å². The lowest BCUT2D eigenvalue weighted by atomic mass is 10.2. The minimum Gasteiger partial charge on any atom is -0.481 e. The first-order valence-electron chi connectivity index (χ1n) is 5.28. The van der Waals surface area contributed by atoms with Crippen molar-refractivity contribution in [2.24, 2.45) is 0 Å². The molecule has 0 aliphatic carbocycles. The van der Waals surface area contributed by atoms with Gasteiger partial charge in [-0.1, -0.05) is 0 Å². The van der Waals surface area contributed by atoms with Gasteiger partial charge in [-0.25, -0.2) is 0 Å². The second-order valence-electron chi connectivity index (χ2n) is 3.57. The van der Waals surface area contributed by atoms with Crippen LogP contribution in [0.15, 0.2) is 18.5 Å². The van der Waals surface area contributed by atoms with Gasteiger partial charge in [0.15, 0.2) is 0 Å². The first-order valence-corrected chi connectivity index (χ1v) is 5.28. The molecule has 0 spiro atoms. The van der Waals surface area contributed by atoms with E-state index in [1.54, 1.807) is 0 Å². The van der Waals surface area contributed by atoms with E-state index < -0.39 is 5.97 Å². The average molecular weight is 224 g/mol. The first kappa shape index (κ1) is 12.3. The van der Waals surface area contributed by atoms with Crippen LogP contribution >= 0.6 is 0 Å². The molecule has 0 atom stereocenters. The first-order chi connectivity index (χ1) is 7.68. The minimum atomic E-state index is -0.861. The zero-order chi connectivity index (χ0) is 11.8. The summed E-state index contributed by atoms with van der Waals surface area (Å²) in [4.78, 5) is 24.4. The third kappa shape index (κ3) is 5.19. The number of carbonyl (C=O) groups is 2. The summed E-state index contributed by atoms with van der Waals surface area (Å²) < 4.78 is 0. The number of rotatable bonds is 7. The number of H-pyrrole nitrogens is 1. The Bertz CT molecular complexity index is 333. The van der Waals surface area contributed by atoms with Crippen LogP contribution in [0.3, 0.4) is 0 Å². The van der Waals surface area contributed by atoms with E-state index in [1.807, 2.05) is 18.5 Å². The molecule has 5 nitrogen and oxygen atoms in total. The highest BCUT2D eigenvalue weighted by atomic mass is 16.4. The van der Waals surface area contributed by atoms with Crippen LogP contribution in [-0.4, -0.2) is 28.5 Å². The Morgan fingerprint density at radius 2 is 2.19 bits per heavy atom. The Balaban J connectivity index is 2.04. The number of aromatic nitrogens is 1. The fourth-order valence-electron chi connectivity index (χ4n) is 1.35. The molecular formula is C11H16N2O3. The maximum Gasteiger partial charge on any atom is 0.303 e. The number of hydrogen-bond donors (Lipinski definition) is 3. The number of hydrogen-bond acceptors (Lipinski definition) is 2. The predicted molar refractivity (Wildman–Crippen MR) is 59.0 cm³/mol. The van der Waals surface area contributed by atoms with Gasteiger partial charge in [-0.05, 0) is 24.5 Å². The van der Waals surface area contributed by atoms with Crippen molar-refractivity contribution in [3.63, 3.8) is 0 Å². The van der Waals surface area contributed by atoms with Gasteiger partial charge in [0, 0.05) is 31.8 Å². The van der Waals surface area contributed by atoms with Gasteiger partial charge in [0.05, 0.1) is 0 Å². The summed E-state index contributed by atoms with van der Waals surface area (Å²) in [7, 11) is 0. The average Bonchev–Trinajstić information content (AvgIpc) is 2.70. The Labute approximate surface area is 93.9 Å². The van der Waals surface area contributed by atoms with Crippen LogP contribution in [-0.2, 0) is 16.0 Å². The van der Waals surface area contributed by atoms with Crippen LogP contribution in [0.4, 0.5) is 0 Å². The Morgan fingerprint density at radius 3 is 2.81 bits per heavy atom. The van der Waals surface area contributed by atoms with Crippen molar-refractivity contribution in [1.29, 1.82) is 0 Å². The van der Waals surface area contributed by atoms with E-state index in [2.05, 4.69) is 10.3 Å². The molecule has 0 fully saturated rings. The predicted octanol–water partition coefficient (Wildman–Crippen LogP) is 0.928. The molecule has 0 radical (unpaired) electrons. The van der Waals surface area contributed by atoms with Crippen molar-refractivity contribution in [2.75, 3.05) is 6.54 Å². The van der Waals surface area contributed by atoms with Crippen molar-refractivity contribution in [2.45, 2.75) is 25.7 Å². The molecule has 1 heterocycles. The lowest BCUT2D eigenvalue weighted by Crippen LogP contribution is -2.25. The van der Waals surface area contributed by atoms with Gasteiger partial charge in [0.1, 0.15) is 0 Å². The summed E-state index contributed by atoms with van der Waals surface area (Å²) in [6.45, 7) is 0.587. The molecule has 0 saturated carbocycles. The normalized spacial score (nSPS) is 10.0. The van der Waals surface area contributed by atoms with E-state index >= 15 is 0 Å². The highest BCUT2D eigenvalue weighted by molar-refractivity contribution is 5.76. The van der Waals surface area contributed by atoms with Crippen LogP contribution < -0.4 is 5.32 Å².